The van der Waals surface area contributed by atoms with Gasteiger partial charge in [0.25, 0.3) is 5.91 Å². The lowest BCUT2D eigenvalue weighted by Gasteiger charge is -2.19. The van der Waals surface area contributed by atoms with Crippen molar-refractivity contribution >= 4 is 45.8 Å². The molecule has 1 N–H and O–H groups in total. The lowest BCUT2D eigenvalue weighted by Crippen LogP contribution is -2.39. The molecule has 1 aliphatic heterocycles. The molecule has 1 aliphatic rings. The summed E-state index contributed by atoms with van der Waals surface area (Å²) in [5.74, 6) is -1.61. The van der Waals surface area contributed by atoms with E-state index in [0.29, 0.717) is 10.7 Å². The first-order chi connectivity index (χ1) is 16.8. The van der Waals surface area contributed by atoms with Crippen molar-refractivity contribution in [3.63, 3.8) is 0 Å². The van der Waals surface area contributed by atoms with Gasteiger partial charge in [-0.15, -0.1) is 11.3 Å². The number of aryl methyl sites for hydroxylation is 1. The second-order valence-electron chi connectivity index (χ2n) is 8.08. The molecule has 3 aromatic rings. The Labute approximate surface area is 207 Å². The van der Waals surface area contributed by atoms with Crippen molar-refractivity contribution in [3.05, 3.63) is 71.8 Å². The molecule has 8 nitrogen and oxygen atoms in total. The topological polar surface area (TPSA) is 96.0 Å². The molecule has 4 rings (SSSR count). The number of nitrogens with one attached hydrogen (secondary N) is 1. The third-order valence-corrected chi connectivity index (χ3v) is 6.70. The number of rotatable bonds is 7. The Morgan fingerprint density at radius 3 is 2.40 bits per heavy atom. The molecule has 35 heavy (non-hydrogen) atoms. The lowest BCUT2D eigenvalue weighted by atomic mass is 10.1. The molecule has 1 aromatic heterocycles. The monoisotopic (exact) mass is 491 g/mol. The van der Waals surface area contributed by atoms with Crippen LogP contribution in [0.1, 0.15) is 29.8 Å². The quantitative estimate of drug-likeness (QED) is 0.382. The zero-order chi connectivity index (χ0) is 25.1. The van der Waals surface area contributed by atoms with Crippen molar-refractivity contribution in [2.75, 3.05) is 23.4 Å². The number of benzene rings is 2. The number of imide groups is 1. The molecule has 0 spiro atoms. The van der Waals surface area contributed by atoms with Crippen LogP contribution in [0.3, 0.4) is 0 Å². The molecule has 180 valence electrons. The summed E-state index contributed by atoms with van der Waals surface area (Å²) in [4.78, 5) is 54.3. The number of nitrogens with zero attached hydrogens (tertiary/aromatic N) is 2. The normalized spacial score (nSPS) is 15.5. The lowest BCUT2D eigenvalue weighted by molar-refractivity contribution is -0.130. The maximum atomic E-state index is 13.0. The van der Waals surface area contributed by atoms with E-state index in [0.717, 1.165) is 20.9 Å². The van der Waals surface area contributed by atoms with Gasteiger partial charge in [0, 0.05) is 10.6 Å². The maximum Gasteiger partial charge on any atom is 0.341 e. The number of amides is 4. The van der Waals surface area contributed by atoms with Crippen LogP contribution >= 0.6 is 11.3 Å². The van der Waals surface area contributed by atoms with Crippen molar-refractivity contribution in [3.8, 4) is 10.4 Å². The average Bonchev–Trinajstić information content (AvgIpc) is 3.35. The van der Waals surface area contributed by atoms with Crippen LogP contribution < -0.4 is 10.2 Å². The van der Waals surface area contributed by atoms with E-state index in [1.54, 1.807) is 32.0 Å². The van der Waals surface area contributed by atoms with Gasteiger partial charge in [-0.05, 0) is 44.5 Å². The fourth-order valence-corrected chi connectivity index (χ4v) is 4.88. The summed E-state index contributed by atoms with van der Waals surface area (Å²) in [6, 6.07) is 17.0. The summed E-state index contributed by atoms with van der Waals surface area (Å²) in [6.07, 6.45) is 0. The molecule has 2 aromatic carbocycles. The highest BCUT2D eigenvalue weighted by atomic mass is 32.1. The molecule has 2 heterocycles. The number of hydrogen-bond donors (Lipinski definition) is 1. The summed E-state index contributed by atoms with van der Waals surface area (Å²) >= 11 is 1.22. The molecule has 0 unspecified atom stereocenters. The highest BCUT2D eigenvalue weighted by Crippen LogP contribution is 2.36. The first kappa shape index (κ1) is 24.2. The third kappa shape index (κ3) is 4.95. The van der Waals surface area contributed by atoms with Crippen LogP contribution in [0, 0.1) is 6.92 Å². The maximum absolute atomic E-state index is 13.0. The van der Waals surface area contributed by atoms with Crippen LogP contribution in [0.4, 0.5) is 15.5 Å². The minimum atomic E-state index is -0.737. The van der Waals surface area contributed by atoms with E-state index in [4.69, 9.17) is 4.74 Å². The highest BCUT2D eigenvalue weighted by molar-refractivity contribution is 7.20. The molecule has 4 amide bonds. The predicted octanol–water partition coefficient (Wildman–Crippen LogP) is 4.70. The molecule has 1 saturated heterocycles. The van der Waals surface area contributed by atoms with Gasteiger partial charge in [0.05, 0.1) is 12.2 Å². The van der Waals surface area contributed by atoms with E-state index in [2.05, 4.69) is 5.32 Å². The van der Waals surface area contributed by atoms with Gasteiger partial charge in [0.1, 0.15) is 17.6 Å². The molecular weight excluding hydrogens is 466 g/mol. The Hall–Kier alpha value is -3.98. The van der Waals surface area contributed by atoms with Gasteiger partial charge < -0.3 is 10.1 Å². The van der Waals surface area contributed by atoms with Gasteiger partial charge in [-0.2, -0.15) is 0 Å². The number of urea groups is 1. The summed E-state index contributed by atoms with van der Waals surface area (Å²) in [6.45, 7) is 4.98. The second kappa shape index (κ2) is 10.1. The molecule has 0 bridgehead atoms. The van der Waals surface area contributed by atoms with Gasteiger partial charge >= 0.3 is 12.0 Å². The molecule has 0 saturated carbocycles. The molecule has 1 atom stereocenters. The summed E-state index contributed by atoms with van der Waals surface area (Å²) < 4.78 is 5.14. The number of esters is 1. The number of anilines is 2. The van der Waals surface area contributed by atoms with Crippen molar-refractivity contribution in [1.29, 1.82) is 0 Å². The highest BCUT2D eigenvalue weighted by Gasteiger charge is 2.44. The fourth-order valence-electron chi connectivity index (χ4n) is 3.81. The smallest absolute Gasteiger partial charge is 0.341 e. The Kier molecular flexibility index (Phi) is 6.97. The van der Waals surface area contributed by atoms with E-state index in [1.165, 1.54) is 16.2 Å². The van der Waals surface area contributed by atoms with Crippen LogP contribution in [-0.2, 0) is 14.3 Å². The zero-order valence-corrected chi connectivity index (χ0v) is 20.4. The van der Waals surface area contributed by atoms with Crippen molar-refractivity contribution in [2.45, 2.75) is 26.8 Å². The summed E-state index contributed by atoms with van der Waals surface area (Å²) in [7, 11) is 0. The SMILES string of the molecule is CCOC(=O)c1cc(-c2ccccc2)sc1NC(=O)CN1C(=O)[C@@H](C)N(c2ccc(C)cc2)C1=O. The summed E-state index contributed by atoms with van der Waals surface area (Å²) in [5.41, 5.74) is 2.72. The first-order valence-electron chi connectivity index (χ1n) is 11.2. The second-order valence-corrected chi connectivity index (χ2v) is 9.13. The zero-order valence-electron chi connectivity index (χ0n) is 19.6. The first-order valence-corrected chi connectivity index (χ1v) is 12.0. The molecule has 9 heteroatoms. The predicted molar refractivity (Wildman–Crippen MR) is 135 cm³/mol. The Morgan fingerprint density at radius 1 is 1.06 bits per heavy atom. The minimum Gasteiger partial charge on any atom is -0.462 e. The fraction of sp³-hybridized carbons (Fsp3) is 0.231. The average molecular weight is 492 g/mol. The van der Waals surface area contributed by atoms with Crippen molar-refractivity contribution in [1.82, 2.24) is 4.90 Å². The largest absolute Gasteiger partial charge is 0.462 e. The molecule has 0 radical (unpaired) electrons. The van der Waals surface area contributed by atoms with Gasteiger partial charge in [-0.3, -0.25) is 19.4 Å². The Morgan fingerprint density at radius 2 is 1.74 bits per heavy atom. The van der Waals surface area contributed by atoms with E-state index in [9.17, 15) is 19.2 Å². The molecule has 1 fully saturated rings. The van der Waals surface area contributed by atoms with E-state index in [-0.39, 0.29) is 12.2 Å². The number of carbonyl (C=O) groups excluding carboxylic acids is 4. The number of carbonyl (C=O) groups is 4. The van der Waals surface area contributed by atoms with Crippen LogP contribution in [-0.4, -0.2) is 47.9 Å². The van der Waals surface area contributed by atoms with E-state index in [1.807, 2.05) is 49.4 Å². The van der Waals surface area contributed by atoms with Gasteiger partial charge in [-0.25, -0.2) is 9.59 Å². The standard InChI is InChI=1S/C26H25N3O5S/c1-4-34-25(32)20-14-21(18-8-6-5-7-9-18)35-23(20)27-22(30)15-28-24(31)17(3)29(26(28)33)19-12-10-16(2)11-13-19/h5-14,17H,4,15H2,1-3H3,(H,27,30)/t17-/m1/s1. The van der Waals surface area contributed by atoms with E-state index >= 15 is 0 Å². The van der Waals surface area contributed by atoms with Crippen molar-refractivity contribution < 1.29 is 23.9 Å². The van der Waals surface area contributed by atoms with Gasteiger partial charge in [0.15, 0.2) is 0 Å². The Bertz CT molecular complexity index is 1270. The number of thiophene rings is 1. The van der Waals surface area contributed by atoms with Crippen LogP contribution in [0.25, 0.3) is 10.4 Å². The van der Waals surface area contributed by atoms with Gasteiger partial charge in [-0.1, -0.05) is 48.0 Å². The third-order valence-electron chi connectivity index (χ3n) is 5.60. The number of ether oxygens (including phenoxy) is 1. The van der Waals surface area contributed by atoms with Crippen LogP contribution in [0.2, 0.25) is 0 Å². The van der Waals surface area contributed by atoms with Crippen LogP contribution in [0.5, 0.6) is 0 Å². The van der Waals surface area contributed by atoms with Gasteiger partial charge in [0.2, 0.25) is 5.91 Å². The minimum absolute atomic E-state index is 0.187. The number of hydrogen-bond acceptors (Lipinski definition) is 6. The van der Waals surface area contributed by atoms with Crippen LogP contribution in [0.15, 0.2) is 60.7 Å². The van der Waals surface area contributed by atoms with E-state index < -0.39 is 36.4 Å². The Balaban J connectivity index is 1.54. The molecular formula is C26H25N3O5S. The molecule has 0 aliphatic carbocycles. The summed E-state index contributed by atoms with van der Waals surface area (Å²) in [5, 5.41) is 3.00. The van der Waals surface area contributed by atoms with Crippen molar-refractivity contribution in [2.24, 2.45) is 0 Å².